The smallest absolute Gasteiger partial charge is 0.254 e. The van der Waals surface area contributed by atoms with Crippen LogP contribution in [0.5, 0.6) is 0 Å². The van der Waals surface area contributed by atoms with Crippen molar-refractivity contribution in [2.75, 3.05) is 0 Å². The zero-order valence-corrected chi connectivity index (χ0v) is 15.2. The van der Waals surface area contributed by atoms with Crippen molar-refractivity contribution in [3.63, 3.8) is 0 Å². The second-order valence-electron chi connectivity index (χ2n) is 7.20. The fourth-order valence-electron chi connectivity index (χ4n) is 2.67. The molecule has 1 rings (SSSR count). The summed E-state index contributed by atoms with van der Waals surface area (Å²) in [5, 5.41) is 1.27. The molecule has 0 aliphatic carbocycles. The predicted molar refractivity (Wildman–Crippen MR) is 90.6 cm³/mol. The normalized spacial score (nSPS) is 12.1. The minimum Gasteiger partial charge on any atom is -0.334 e. The van der Waals surface area contributed by atoms with E-state index in [1.165, 1.54) is 10.8 Å². The molecule has 112 valence electrons. The number of carbonyl (C=O) groups is 1. The topological polar surface area (TPSA) is 20.3 Å². The van der Waals surface area contributed by atoms with Crippen molar-refractivity contribution in [2.24, 2.45) is 0 Å². The summed E-state index contributed by atoms with van der Waals surface area (Å²) >= 11 is 0. The summed E-state index contributed by atoms with van der Waals surface area (Å²) in [5.74, 6) is 0.174. The van der Waals surface area contributed by atoms with Crippen LogP contribution in [-0.2, 0) is 0 Å². The van der Waals surface area contributed by atoms with Gasteiger partial charge in [-0.3, -0.25) is 4.79 Å². The van der Waals surface area contributed by atoms with Gasteiger partial charge in [-0.25, -0.2) is 0 Å². The maximum absolute atomic E-state index is 13.0. The average Bonchev–Trinajstić information content (AvgIpc) is 2.26. The van der Waals surface area contributed by atoms with Crippen molar-refractivity contribution in [3.8, 4) is 0 Å². The summed E-state index contributed by atoms with van der Waals surface area (Å²) in [5.41, 5.74) is 2.14. The third kappa shape index (κ3) is 3.72. The van der Waals surface area contributed by atoms with Crippen LogP contribution in [0, 0.1) is 6.92 Å². The standard InChI is InChI=1S/C17H29NOSi/c1-12(2)18(13(3)4)17(19)15-10-9-14(5)11-16(15)20(6,7)8/h9-13H,1-8H3. The van der Waals surface area contributed by atoms with Crippen LogP contribution < -0.4 is 5.19 Å². The highest BCUT2D eigenvalue weighted by Crippen LogP contribution is 2.15. The number of hydrogen-bond donors (Lipinski definition) is 0. The lowest BCUT2D eigenvalue weighted by Crippen LogP contribution is -2.48. The molecule has 0 unspecified atom stereocenters. The molecule has 0 fully saturated rings. The number of amides is 1. The molecule has 0 radical (unpaired) electrons. The number of aryl methyl sites for hydroxylation is 1. The van der Waals surface area contributed by atoms with Crippen molar-refractivity contribution in [2.45, 2.75) is 66.3 Å². The van der Waals surface area contributed by atoms with E-state index in [0.717, 1.165) is 5.56 Å². The maximum atomic E-state index is 13.0. The van der Waals surface area contributed by atoms with Crippen molar-refractivity contribution in [1.29, 1.82) is 0 Å². The molecule has 2 nitrogen and oxygen atoms in total. The van der Waals surface area contributed by atoms with Crippen molar-refractivity contribution in [3.05, 3.63) is 29.3 Å². The van der Waals surface area contributed by atoms with E-state index in [-0.39, 0.29) is 18.0 Å². The Morgan fingerprint density at radius 3 is 1.95 bits per heavy atom. The van der Waals surface area contributed by atoms with Crippen LogP contribution in [0.25, 0.3) is 0 Å². The monoisotopic (exact) mass is 291 g/mol. The molecule has 20 heavy (non-hydrogen) atoms. The van der Waals surface area contributed by atoms with Gasteiger partial charge in [0.25, 0.3) is 5.91 Å². The third-order valence-corrected chi connectivity index (χ3v) is 5.59. The number of benzene rings is 1. The van der Waals surface area contributed by atoms with Crippen molar-refractivity contribution < 1.29 is 4.79 Å². The fraction of sp³-hybridized carbons (Fsp3) is 0.588. The highest BCUT2D eigenvalue weighted by atomic mass is 28.3. The van der Waals surface area contributed by atoms with E-state index in [4.69, 9.17) is 0 Å². The number of hydrogen-bond acceptors (Lipinski definition) is 1. The molecular weight excluding hydrogens is 262 g/mol. The highest BCUT2D eigenvalue weighted by molar-refractivity contribution is 6.89. The predicted octanol–water partition coefficient (Wildman–Crippen LogP) is 3.80. The molecule has 1 aromatic rings. The molecule has 0 saturated carbocycles. The molecule has 0 N–H and O–H groups in total. The highest BCUT2D eigenvalue weighted by Gasteiger charge is 2.28. The Morgan fingerprint density at radius 1 is 1.05 bits per heavy atom. The van der Waals surface area contributed by atoms with E-state index in [0.29, 0.717) is 0 Å². The number of nitrogens with zero attached hydrogens (tertiary/aromatic N) is 1. The summed E-state index contributed by atoms with van der Waals surface area (Å²) in [6, 6.07) is 6.72. The molecule has 0 aromatic heterocycles. The first kappa shape index (κ1) is 17.0. The molecule has 0 heterocycles. The summed E-state index contributed by atoms with van der Waals surface area (Å²) in [7, 11) is -1.53. The molecule has 0 bridgehead atoms. The Morgan fingerprint density at radius 2 is 1.55 bits per heavy atom. The molecule has 0 saturated heterocycles. The van der Waals surface area contributed by atoms with Gasteiger partial charge in [0.1, 0.15) is 0 Å². The average molecular weight is 292 g/mol. The third-order valence-electron chi connectivity index (χ3n) is 3.56. The first-order valence-corrected chi connectivity index (χ1v) is 11.0. The van der Waals surface area contributed by atoms with Gasteiger partial charge in [0.05, 0.1) is 8.07 Å². The largest absolute Gasteiger partial charge is 0.334 e. The quantitative estimate of drug-likeness (QED) is 0.773. The van der Waals surface area contributed by atoms with E-state index in [1.807, 2.05) is 11.0 Å². The van der Waals surface area contributed by atoms with Crippen LogP contribution in [-0.4, -0.2) is 31.0 Å². The molecule has 3 heteroatoms. The Balaban J connectivity index is 3.35. The minimum absolute atomic E-state index is 0.174. The van der Waals surface area contributed by atoms with Crippen LogP contribution in [0.1, 0.15) is 43.6 Å². The van der Waals surface area contributed by atoms with E-state index in [9.17, 15) is 4.79 Å². The van der Waals surface area contributed by atoms with E-state index in [2.05, 4.69) is 66.4 Å². The van der Waals surface area contributed by atoms with Crippen molar-refractivity contribution in [1.82, 2.24) is 4.90 Å². The molecule has 0 aliphatic heterocycles. The van der Waals surface area contributed by atoms with E-state index < -0.39 is 8.07 Å². The Kier molecular flexibility index (Phi) is 5.19. The van der Waals surface area contributed by atoms with Gasteiger partial charge in [0, 0.05) is 17.6 Å². The summed E-state index contributed by atoms with van der Waals surface area (Å²) in [6.07, 6.45) is 0. The SMILES string of the molecule is Cc1ccc(C(=O)N(C(C)C)C(C)C)c([Si](C)(C)C)c1. The maximum Gasteiger partial charge on any atom is 0.254 e. The van der Waals surface area contributed by atoms with Crippen LogP contribution in [0.4, 0.5) is 0 Å². The Bertz CT molecular complexity index is 478. The van der Waals surface area contributed by atoms with Crippen molar-refractivity contribution >= 4 is 19.2 Å². The minimum atomic E-state index is -1.53. The van der Waals surface area contributed by atoms with Crippen LogP contribution >= 0.6 is 0 Å². The van der Waals surface area contributed by atoms with Gasteiger partial charge >= 0.3 is 0 Å². The molecule has 0 aliphatic rings. The first-order chi connectivity index (χ1) is 9.05. The lowest BCUT2D eigenvalue weighted by Gasteiger charge is -2.33. The van der Waals surface area contributed by atoms with Gasteiger partial charge in [0.2, 0.25) is 0 Å². The second kappa shape index (κ2) is 6.13. The lowest BCUT2D eigenvalue weighted by atomic mass is 10.1. The Hall–Kier alpha value is -1.09. The summed E-state index contributed by atoms with van der Waals surface area (Å²) < 4.78 is 0. The molecule has 1 amide bonds. The van der Waals surface area contributed by atoms with E-state index in [1.54, 1.807) is 0 Å². The fourth-order valence-corrected chi connectivity index (χ4v) is 4.33. The van der Waals surface area contributed by atoms with Crippen LogP contribution in [0.3, 0.4) is 0 Å². The second-order valence-corrected chi connectivity index (χ2v) is 12.2. The lowest BCUT2D eigenvalue weighted by molar-refractivity contribution is 0.0645. The summed E-state index contributed by atoms with van der Waals surface area (Å²) in [6.45, 7) is 17.3. The zero-order valence-electron chi connectivity index (χ0n) is 14.2. The van der Waals surface area contributed by atoms with Crippen LogP contribution in [0.15, 0.2) is 18.2 Å². The van der Waals surface area contributed by atoms with Gasteiger partial charge in [-0.2, -0.15) is 0 Å². The molecule has 0 atom stereocenters. The van der Waals surface area contributed by atoms with Gasteiger partial charge in [-0.15, -0.1) is 0 Å². The molecule has 1 aromatic carbocycles. The summed E-state index contributed by atoms with van der Waals surface area (Å²) in [4.78, 5) is 14.9. The number of carbonyl (C=O) groups excluding carboxylic acids is 1. The zero-order chi connectivity index (χ0) is 15.7. The van der Waals surface area contributed by atoms with Gasteiger partial charge < -0.3 is 4.90 Å². The number of rotatable bonds is 4. The van der Waals surface area contributed by atoms with Gasteiger partial charge in [-0.05, 0) is 45.9 Å². The Labute approximate surface area is 125 Å². The van der Waals surface area contributed by atoms with E-state index >= 15 is 0 Å². The van der Waals surface area contributed by atoms with Gasteiger partial charge in [-0.1, -0.05) is 37.3 Å². The first-order valence-electron chi connectivity index (χ1n) is 7.49. The van der Waals surface area contributed by atoms with Crippen LogP contribution in [0.2, 0.25) is 19.6 Å². The molecule has 0 spiro atoms. The van der Waals surface area contributed by atoms with Gasteiger partial charge in [0.15, 0.2) is 0 Å². The molecular formula is C17H29NOSi.